The van der Waals surface area contributed by atoms with Crippen LogP contribution in [-0.2, 0) is 19.4 Å². The zero-order chi connectivity index (χ0) is 20.0. The van der Waals surface area contributed by atoms with Crippen LogP contribution >= 0.6 is 0 Å². The summed E-state index contributed by atoms with van der Waals surface area (Å²) in [6.45, 7) is 6.62. The topological polar surface area (TPSA) is 94.8 Å². The summed E-state index contributed by atoms with van der Waals surface area (Å²) < 4.78 is 5.11. The van der Waals surface area contributed by atoms with Crippen molar-refractivity contribution in [3.05, 3.63) is 59.6 Å². The fraction of sp³-hybridized carbons (Fsp3) is 0.250. The molecule has 142 valence electrons. The molecule has 1 heterocycles. The van der Waals surface area contributed by atoms with Gasteiger partial charge in [0.2, 0.25) is 5.91 Å². The Hall–Kier alpha value is -3.35. The second-order valence-corrected chi connectivity index (χ2v) is 6.83. The van der Waals surface area contributed by atoms with Crippen molar-refractivity contribution < 1.29 is 28.6 Å². The fourth-order valence-electron chi connectivity index (χ4n) is 1.96. The zero-order valence-corrected chi connectivity index (χ0v) is 15.6. The van der Waals surface area contributed by atoms with E-state index < -0.39 is 23.3 Å². The number of aryl methyl sites for hydroxylation is 1. The minimum absolute atomic E-state index is 0.0662. The molecule has 0 unspecified atom stereocenters. The average Bonchev–Trinajstić information content (AvgIpc) is 3.12. The molecule has 7 heteroatoms. The van der Waals surface area contributed by atoms with Gasteiger partial charge in [-0.05, 0) is 57.5 Å². The lowest BCUT2D eigenvalue weighted by molar-refractivity contribution is -0.242. The smallest absolute Gasteiger partial charge is 0.388 e. The van der Waals surface area contributed by atoms with Crippen LogP contribution in [0.3, 0.4) is 0 Å². The van der Waals surface area contributed by atoms with Gasteiger partial charge in [0.25, 0.3) is 0 Å². The highest BCUT2D eigenvalue weighted by Crippen LogP contribution is 2.23. The second kappa shape index (κ2) is 8.35. The van der Waals surface area contributed by atoms with Gasteiger partial charge in [-0.25, -0.2) is 19.4 Å². The number of amides is 1. The van der Waals surface area contributed by atoms with Gasteiger partial charge in [-0.2, -0.15) is 0 Å². The molecule has 0 aliphatic carbocycles. The van der Waals surface area contributed by atoms with Gasteiger partial charge >= 0.3 is 11.9 Å². The summed E-state index contributed by atoms with van der Waals surface area (Å²) >= 11 is 0. The molecular weight excluding hydrogens is 350 g/mol. The molecule has 2 aromatic rings. The van der Waals surface area contributed by atoms with Gasteiger partial charge in [-0.3, -0.25) is 4.79 Å². The van der Waals surface area contributed by atoms with E-state index in [-0.39, 0.29) is 11.3 Å². The molecule has 7 nitrogen and oxygen atoms in total. The van der Waals surface area contributed by atoms with Crippen LogP contribution in [-0.4, -0.2) is 17.8 Å². The SMILES string of the molecule is Cc1cccc(C(=O)OOC(=O)C(C)(C)C)c1NC(=O)C=Cc1ccco1. The van der Waals surface area contributed by atoms with E-state index in [9.17, 15) is 14.4 Å². The van der Waals surface area contributed by atoms with Crippen molar-refractivity contribution in [1.29, 1.82) is 0 Å². The standard InChI is InChI=1S/C20H21NO6/c1-13-7-5-9-15(18(23)26-27-19(24)20(2,3)4)17(13)21-16(22)11-10-14-8-6-12-25-14/h5-12H,1-4H3,(H,21,22). The summed E-state index contributed by atoms with van der Waals surface area (Å²) in [6.07, 6.45) is 4.27. The molecule has 0 fully saturated rings. The lowest BCUT2D eigenvalue weighted by Gasteiger charge is -2.15. The van der Waals surface area contributed by atoms with Gasteiger partial charge < -0.3 is 9.73 Å². The van der Waals surface area contributed by atoms with Crippen LogP contribution in [0.1, 0.15) is 42.5 Å². The highest BCUT2D eigenvalue weighted by Gasteiger charge is 2.27. The second-order valence-electron chi connectivity index (χ2n) is 6.83. The first-order valence-electron chi connectivity index (χ1n) is 8.24. The predicted octanol–water partition coefficient (Wildman–Crippen LogP) is 3.90. The molecule has 1 aromatic heterocycles. The van der Waals surface area contributed by atoms with Gasteiger partial charge in [0.05, 0.1) is 22.9 Å². The molecule has 0 atom stereocenters. The lowest BCUT2D eigenvalue weighted by atomic mass is 9.98. The Bertz CT molecular complexity index is 859. The van der Waals surface area contributed by atoms with Crippen molar-refractivity contribution >= 4 is 29.6 Å². The van der Waals surface area contributed by atoms with Crippen molar-refractivity contribution in [3.63, 3.8) is 0 Å². The van der Waals surface area contributed by atoms with Crippen LogP contribution in [0.25, 0.3) is 6.08 Å². The molecule has 1 aromatic carbocycles. The maximum absolute atomic E-state index is 12.3. The number of hydrogen-bond donors (Lipinski definition) is 1. The van der Waals surface area contributed by atoms with Crippen LogP contribution in [0.15, 0.2) is 47.1 Å². The highest BCUT2D eigenvalue weighted by atomic mass is 17.2. The number of para-hydroxylation sites is 1. The molecule has 0 spiro atoms. The Morgan fingerprint density at radius 1 is 1.07 bits per heavy atom. The van der Waals surface area contributed by atoms with E-state index in [4.69, 9.17) is 4.42 Å². The maximum atomic E-state index is 12.3. The lowest BCUT2D eigenvalue weighted by Crippen LogP contribution is -2.25. The third-order valence-corrected chi connectivity index (χ3v) is 3.49. The van der Waals surface area contributed by atoms with Crippen LogP contribution in [0.2, 0.25) is 0 Å². The van der Waals surface area contributed by atoms with E-state index in [2.05, 4.69) is 15.1 Å². The summed E-state index contributed by atoms with van der Waals surface area (Å²) in [4.78, 5) is 45.4. The van der Waals surface area contributed by atoms with Gasteiger partial charge in [-0.1, -0.05) is 12.1 Å². The van der Waals surface area contributed by atoms with E-state index in [1.165, 1.54) is 24.5 Å². The molecule has 0 bridgehead atoms. The minimum atomic E-state index is -0.887. The molecule has 1 amide bonds. The first kappa shape index (κ1) is 20.0. The monoisotopic (exact) mass is 371 g/mol. The van der Waals surface area contributed by atoms with Crippen molar-refractivity contribution in [1.82, 2.24) is 0 Å². The number of rotatable bonds is 4. The molecular formula is C20H21NO6. The molecule has 2 rings (SSSR count). The molecule has 0 saturated carbocycles. The van der Waals surface area contributed by atoms with Gasteiger partial charge in [-0.15, -0.1) is 0 Å². The summed E-state index contributed by atoms with van der Waals surface area (Å²) in [6, 6.07) is 8.22. The number of carbonyl (C=O) groups is 3. The van der Waals surface area contributed by atoms with E-state index in [1.807, 2.05) is 0 Å². The third-order valence-electron chi connectivity index (χ3n) is 3.49. The first-order chi connectivity index (χ1) is 12.7. The molecule has 0 aliphatic heterocycles. The Morgan fingerprint density at radius 2 is 1.81 bits per heavy atom. The maximum Gasteiger partial charge on any atom is 0.388 e. The number of hydrogen-bond acceptors (Lipinski definition) is 6. The third kappa shape index (κ3) is 5.57. The number of benzene rings is 1. The molecule has 0 aliphatic rings. The van der Waals surface area contributed by atoms with Crippen molar-refractivity contribution in [3.8, 4) is 0 Å². The van der Waals surface area contributed by atoms with Crippen LogP contribution in [0.4, 0.5) is 5.69 Å². The van der Waals surface area contributed by atoms with E-state index in [0.29, 0.717) is 11.3 Å². The molecule has 0 radical (unpaired) electrons. The van der Waals surface area contributed by atoms with Crippen molar-refractivity contribution in [2.75, 3.05) is 5.32 Å². The van der Waals surface area contributed by atoms with E-state index in [0.717, 1.165) is 0 Å². The zero-order valence-electron chi connectivity index (χ0n) is 15.6. The predicted molar refractivity (Wildman–Crippen MR) is 98.5 cm³/mol. The van der Waals surface area contributed by atoms with Crippen LogP contribution in [0, 0.1) is 12.3 Å². The quantitative estimate of drug-likeness (QED) is 0.497. The van der Waals surface area contributed by atoms with Crippen molar-refractivity contribution in [2.24, 2.45) is 5.41 Å². The molecule has 1 N–H and O–H groups in total. The Morgan fingerprint density at radius 3 is 2.44 bits per heavy atom. The van der Waals surface area contributed by atoms with Crippen LogP contribution < -0.4 is 5.32 Å². The number of anilines is 1. The average molecular weight is 371 g/mol. The number of furan rings is 1. The summed E-state index contributed by atoms with van der Waals surface area (Å²) in [5.74, 6) is -1.51. The summed E-state index contributed by atoms with van der Waals surface area (Å²) in [5.41, 5.74) is 0.159. The fourth-order valence-corrected chi connectivity index (χ4v) is 1.96. The highest BCUT2D eigenvalue weighted by molar-refractivity contribution is 6.07. The Balaban J connectivity index is 2.12. The minimum Gasteiger partial charge on any atom is -0.465 e. The van der Waals surface area contributed by atoms with E-state index >= 15 is 0 Å². The van der Waals surface area contributed by atoms with Crippen LogP contribution in [0.5, 0.6) is 0 Å². The molecule has 27 heavy (non-hydrogen) atoms. The summed E-state index contributed by atoms with van der Waals surface area (Å²) in [7, 11) is 0. The largest absolute Gasteiger partial charge is 0.465 e. The molecule has 0 saturated heterocycles. The normalized spacial score (nSPS) is 11.3. The van der Waals surface area contributed by atoms with E-state index in [1.54, 1.807) is 52.0 Å². The van der Waals surface area contributed by atoms with Gasteiger partial charge in [0.15, 0.2) is 0 Å². The van der Waals surface area contributed by atoms with Gasteiger partial charge in [0, 0.05) is 6.08 Å². The van der Waals surface area contributed by atoms with Crippen molar-refractivity contribution in [2.45, 2.75) is 27.7 Å². The number of carbonyl (C=O) groups excluding carboxylic acids is 3. The number of nitrogens with one attached hydrogen (secondary N) is 1. The Kier molecular flexibility index (Phi) is 6.18. The first-order valence-corrected chi connectivity index (χ1v) is 8.24. The van der Waals surface area contributed by atoms with Gasteiger partial charge in [0.1, 0.15) is 5.76 Å². The Labute approximate surface area is 156 Å². The summed E-state index contributed by atoms with van der Waals surface area (Å²) in [5, 5.41) is 2.63.